The van der Waals surface area contributed by atoms with Crippen molar-refractivity contribution in [3.8, 4) is 5.88 Å². The van der Waals surface area contributed by atoms with Gasteiger partial charge in [0.25, 0.3) is 11.8 Å². The summed E-state index contributed by atoms with van der Waals surface area (Å²) in [5.41, 5.74) is 1.06. The van der Waals surface area contributed by atoms with Crippen molar-refractivity contribution in [2.45, 2.75) is 32.4 Å². The second kappa shape index (κ2) is 6.23. The number of hydrogen-bond donors (Lipinski definition) is 0. The molecular formula is C16H16F2N2O2S. The molecule has 0 saturated heterocycles. The lowest BCUT2D eigenvalue weighted by molar-refractivity contribution is -0.0449. The van der Waals surface area contributed by atoms with E-state index in [1.54, 1.807) is 22.3 Å². The first kappa shape index (κ1) is 15.9. The van der Waals surface area contributed by atoms with E-state index in [1.807, 2.05) is 17.5 Å². The molecule has 0 radical (unpaired) electrons. The van der Waals surface area contributed by atoms with Gasteiger partial charge in [-0.2, -0.15) is 0 Å². The molecule has 0 spiro atoms. The Kier molecular flexibility index (Phi) is 4.30. The minimum Gasteiger partial charge on any atom is -0.471 e. The van der Waals surface area contributed by atoms with Gasteiger partial charge in [-0.1, -0.05) is 13.0 Å². The smallest absolute Gasteiger partial charge is 0.281 e. The summed E-state index contributed by atoms with van der Waals surface area (Å²) in [5, 5.41) is 1.95. The number of hydrogen-bond acceptors (Lipinski definition) is 4. The van der Waals surface area contributed by atoms with Crippen molar-refractivity contribution in [1.29, 1.82) is 0 Å². The third-order valence-corrected chi connectivity index (χ3v) is 4.59. The predicted octanol–water partition coefficient (Wildman–Crippen LogP) is 3.72. The van der Waals surface area contributed by atoms with Crippen LogP contribution in [0, 0.1) is 0 Å². The summed E-state index contributed by atoms with van der Waals surface area (Å²) in [7, 11) is 0. The molecular weight excluding hydrogens is 322 g/mol. The number of carbonyl (C=O) groups is 1. The minimum absolute atomic E-state index is 0.00527. The van der Waals surface area contributed by atoms with Gasteiger partial charge in [-0.15, -0.1) is 11.3 Å². The van der Waals surface area contributed by atoms with Gasteiger partial charge in [0, 0.05) is 24.0 Å². The van der Waals surface area contributed by atoms with Crippen LogP contribution >= 0.6 is 11.3 Å². The van der Waals surface area contributed by atoms with E-state index in [1.165, 1.54) is 13.1 Å². The van der Waals surface area contributed by atoms with Crippen LogP contribution in [0.4, 0.5) is 8.78 Å². The lowest BCUT2D eigenvalue weighted by Crippen LogP contribution is -2.26. The van der Waals surface area contributed by atoms with Crippen molar-refractivity contribution in [1.82, 2.24) is 9.88 Å². The van der Waals surface area contributed by atoms with E-state index in [9.17, 15) is 13.6 Å². The molecule has 0 unspecified atom stereocenters. The molecule has 0 saturated carbocycles. The number of halogens is 2. The second-order valence-corrected chi connectivity index (χ2v) is 6.42. The number of aromatic nitrogens is 1. The molecule has 0 atom stereocenters. The highest BCUT2D eigenvalue weighted by Crippen LogP contribution is 2.31. The van der Waals surface area contributed by atoms with Crippen LogP contribution in [-0.4, -0.2) is 28.3 Å². The van der Waals surface area contributed by atoms with Gasteiger partial charge in [0.15, 0.2) is 6.61 Å². The van der Waals surface area contributed by atoms with Crippen LogP contribution in [-0.2, 0) is 13.1 Å². The minimum atomic E-state index is -2.93. The van der Waals surface area contributed by atoms with Crippen LogP contribution < -0.4 is 4.74 Å². The molecule has 2 aromatic heterocycles. The summed E-state index contributed by atoms with van der Waals surface area (Å²) in [4.78, 5) is 19.3. The summed E-state index contributed by atoms with van der Waals surface area (Å²) in [6, 6.07) is 5.61. The normalized spacial score (nSPS) is 14.2. The molecule has 0 aliphatic carbocycles. The summed E-state index contributed by atoms with van der Waals surface area (Å²) >= 11 is 1.57. The number of amides is 1. The molecule has 0 aromatic carbocycles. The highest BCUT2D eigenvalue weighted by atomic mass is 32.1. The summed E-state index contributed by atoms with van der Waals surface area (Å²) in [6.45, 7) is 1.55. The van der Waals surface area contributed by atoms with Gasteiger partial charge >= 0.3 is 0 Å². The Morgan fingerprint density at radius 2 is 2.26 bits per heavy atom. The quantitative estimate of drug-likeness (QED) is 0.806. The van der Waals surface area contributed by atoms with E-state index < -0.39 is 12.5 Å². The summed E-state index contributed by atoms with van der Waals surface area (Å²) in [6.07, 6.45) is 1.17. The predicted molar refractivity (Wildman–Crippen MR) is 82.9 cm³/mol. The number of ether oxygens (including phenoxy) is 1. The summed E-state index contributed by atoms with van der Waals surface area (Å²) < 4.78 is 31.9. The molecule has 0 bridgehead atoms. The van der Waals surface area contributed by atoms with Gasteiger partial charge in [0.05, 0.1) is 6.54 Å². The van der Waals surface area contributed by atoms with Crippen LogP contribution in [0.1, 0.15) is 34.1 Å². The van der Waals surface area contributed by atoms with Gasteiger partial charge in [-0.25, -0.2) is 13.8 Å². The van der Waals surface area contributed by atoms with Gasteiger partial charge in [-0.3, -0.25) is 4.79 Å². The van der Waals surface area contributed by atoms with Crippen molar-refractivity contribution in [2.75, 3.05) is 6.61 Å². The zero-order valence-electron chi connectivity index (χ0n) is 12.6. The SMILES string of the molecule is CCC(F)(F)COc1nccc2c1C(=O)N(Cc1cccs1)C2. The van der Waals surface area contributed by atoms with Gasteiger partial charge < -0.3 is 9.64 Å². The third-order valence-electron chi connectivity index (χ3n) is 3.73. The average molecular weight is 338 g/mol. The molecule has 2 aromatic rings. The first-order valence-corrected chi connectivity index (χ1v) is 8.18. The van der Waals surface area contributed by atoms with Crippen molar-refractivity contribution < 1.29 is 18.3 Å². The van der Waals surface area contributed by atoms with Gasteiger partial charge in [0.1, 0.15) is 5.56 Å². The molecule has 3 rings (SSSR count). The molecule has 23 heavy (non-hydrogen) atoms. The lowest BCUT2D eigenvalue weighted by atomic mass is 10.2. The number of alkyl halides is 2. The Hall–Kier alpha value is -2.02. The third kappa shape index (κ3) is 3.34. The average Bonchev–Trinajstić information content (AvgIpc) is 3.15. The largest absolute Gasteiger partial charge is 0.471 e. The molecule has 7 heteroatoms. The second-order valence-electron chi connectivity index (χ2n) is 5.39. The lowest BCUT2D eigenvalue weighted by Gasteiger charge is -2.16. The Labute approximate surface area is 136 Å². The maximum absolute atomic E-state index is 13.4. The Bertz CT molecular complexity index is 704. The Morgan fingerprint density at radius 1 is 1.43 bits per heavy atom. The van der Waals surface area contributed by atoms with E-state index in [0.717, 1.165) is 10.4 Å². The fraction of sp³-hybridized carbons (Fsp3) is 0.375. The van der Waals surface area contributed by atoms with Crippen LogP contribution in [0.25, 0.3) is 0 Å². The van der Waals surface area contributed by atoms with Crippen molar-refractivity contribution in [2.24, 2.45) is 0 Å². The van der Waals surface area contributed by atoms with Crippen LogP contribution in [0.15, 0.2) is 29.8 Å². The van der Waals surface area contributed by atoms with E-state index in [2.05, 4.69) is 4.98 Å². The van der Waals surface area contributed by atoms with Crippen LogP contribution in [0.3, 0.4) is 0 Å². The molecule has 0 fully saturated rings. The van der Waals surface area contributed by atoms with Gasteiger partial charge in [-0.05, 0) is 23.1 Å². The maximum atomic E-state index is 13.4. The van der Waals surface area contributed by atoms with E-state index in [4.69, 9.17) is 4.74 Å². The molecule has 1 aliphatic rings. The fourth-order valence-corrected chi connectivity index (χ4v) is 3.10. The van der Waals surface area contributed by atoms with Crippen molar-refractivity contribution >= 4 is 17.2 Å². The van der Waals surface area contributed by atoms with Crippen LogP contribution in [0.5, 0.6) is 5.88 Å². The molecule has 0 N–H and O–H groups in total. The van der Waals surface area contributed by atoms with Crippen molar-refractivity contribution in [3.63, 3.8) is 0 Å². The molecule has 4 nitrogen and oxygen atoms in total. The Morgan fingerprint density at radius 3 is 2.96 bits per heavy atom. The number of carbonyl (C=O) groups excluding carboxylic acids is 1. The Balaban J connectivity index is 1.78. The first-order chi connectivity index (χ1) is 11.0. The monoisotopic (exact) mass is 338 g/mol. The van der Waals surface area contributed by atoms with Crippen LogP contribution in [0.2, 0.25) is 0 Å². The van der Waals surface area contributed by atoms with E-state index in [0.29, 0.717) is 18.7 Å². The fourth-order valence-electron chi connectivity index (χ4n) is 2.38. The molecule has 3 heterocycles. The number of thiophene rings is 1. The number of fused-ring (bicyclic) bond motifs is 1. The standard InChI is InChI=1S/C16H16F2N2O2S/c1-2-16(17,18)10-22-14-13-11(5-6-19-14)8-20(15(13)21)9-12-4-3-7-23-12/h3-7H,2,8-10H2,1H3. The number of rotatable bonds is 6. The summed E-state index contributed by atoms with van der Waals surface area (Å²) in [5.74, 6) is -3.16. The van der Waals surface area contributed by atoms with Crippen molar-refractivity contribution in [3.05, 3.63) is 45.8 Å². The topological polar surface area (TPSA) is 42.4 Å². The number of pyridine rings is 1. The first-order valence-electron chi connectivity index (χ1n) is 7.30. The maximum Gasteiger partial charge on any atom is 0.281 e. The molecule has 1 aliphatic heterocycles. The number of nitrogens with zero attached hydrogens (tertiary/aromatic N) is 2. The van der Waals surface area contributed by atoms with Gasteiger partial charge in [0.2, 0.25) is 5.88 Å². The van der Waals surface area contributed by atoms with E-state index >= 15 is 0 Å². The highest BCUT2D eigenvalue weighted by Gasteiger charge is 2.34. The zero-order valence-corrected chi connectivity index (χ0v) is 13.4. The molecule has 1 amide bonds. The van der Waals surface area contributed by atoms with E-state index in [-0.39, 0.29) is 18.2 Å². The highest BCUT2D eigenvalue weighted by molar-refractivity contribution is 7.09. The zero-order chi connectivity index (χ0) is 16.4. The molecule has 122 valence electrons.